The Bertz CT molecular complexity index is 391. The van der Waals surface area contributed by atoms with Crippen molar-refractivity contribution >= 4 is 15.9 Å². The first-order valence-electron chi connectivity index (χ1n) is 6.75. The van der Waals surface area contributed by atoms with Gasteiger partial charge in [-0.2, -0.15) is 0 Å². The van der Waals surface area contributed by atoms with Crippen molar-refractivity contribution in [1.82, 2.24) is 0 Å². The molecule has 2 rings (SSSR count). The molecule has 1 heterocycles. The molecule has 2 heteroatoms. The first-order chi connectivity index (χ1) is 8.39. The van der Waals surface area contributed by atoms with Crippen LogP contribution in [0.2, 0.25) is 0 Å². The number of hydrogen-bond donors (Lipinski definition) is 0. The van der Waals surface area contributed by atoms with Crippen LogP contribution < -0.4 is 0 Å². The molecule has 1 aromatic carbocycles. The summed E-state index contributed by atoms with van der Waals surface area (Å²) in [5, 5.41) is 0. The molecule has 0 radical (unpaired) electrons. The summed E-state index contributed by atoms with van der Waals surface area (Å²) in [5.74, 6) is 0.588. The van der Waals surface area contributed by atoms with Gasteiger partial charge < -0.3 is 4.74 Å². The zero-order valence-electron chi connectivity index (χ0n) is 11.7. The Balaban J connectivity index is 2.14. The normalized spacial score (nSPS) is 26.3. The van der Waals surface area contributed by atoms with E-state index in [1.165, 1.54) is 11.1 Å². The molecule has 0 spiro atoms. The molecule has 0 bridgehead atoms. The highest BCUT2D eigenvalue weighted by Gasteiger charge is 2.31. The van der Waals surface area contributed by atoms with Crippen LogP contribution in [-0.4, -0.2) is 12.7 Å². The van der Waals surface area contributed by atoms with Gasteiger partial charge in [0.05, 0.1) is 6.10 Å². The molecular formula is C16H23BrO. The lowest BCUT2D eigenvalue weighted by atomic mass is 9.85. The van der Waals surface area contributed by atoms with Crippen LogP contribution in [0.1, 0.15) is 50.1 Å². The van der Waals surface area contributed by atoms with E-state index in [1.54, 1.807) is 0 Å². The zero-order valence-corrected chi connectivity index (χ0v) is 13.3. The van der Waals surface area contributed by atoms with E-state index in [9.17, 15) is 0 Å². The van der Waals surface area contributed by atoms with Crippen molar-refractivity contribution in [1.29, 1.82) is 0 Å². The molecule has 3 atom stereocenters. The van der Waals surface area contributed by atoms with Crippen LogP contribution in [0.3, 0.4) is 0 Å². The fourth-order valence-electron chi connectivity index (χ4n) is 2.55. The van der Waals surface area contributed by atoms with Crippen molar-refractivity contribution in [2.45, 2.75) is 50.5 Å². The number of rotatable bonds is 2. The molecule has 0 N–H and O–H groups in total. The Labute approximate surface area is 119 Å². The minimum absolute atomic E-state index is 0.226. The number of ether oxygens (including phenoxy) is 1. The van der Waals surface area contributed by atoms with Crippen molar-refractivity contribution in [3.8, 4) is 0 Å². The van der Waals surface area contributed by atoms with Gasteiger partial charge >= 0.3 is 0 Å². The van der Waals surface area contributed by atoms with Crippen LogP contribution in [0.5, 0.6) is 0 Å². The number of halogens is 1. The number of hydrogen-bond acceptors (Lipinski definition) is 1. The Hall–Kier alpha value is -0.340. The number of benzene rings is 1. The Morgan fingerprint density at radius 3 is 2.28 bits per heavy atom. The highest BCUT2D eigenvalue weighted by Crippen LogP contribution is 2.39. The van der Waals surface area contributed by atoms with Gasteiger partial charge in [0.1, 0.15) is 0 Å². The van der Waals surface area contributed by atoms with Crippen LogP contribution in [0.25, 0.3) is 0 Å². The summed E-state index contributed by atoms with van der Waals surface area (Å²) in [6.07, 6.45) is 1.51. The molecule has 1 nitrogen and oxygen atoms in total. The van der Waals surface area contributed by atoms with E-state index >= 15 is 0 Å². The third kappa shape index (κ3) is 2.97. The molecule has 1 aromatic rings. The van der Waals surface area contributed by atoms with Gasteiger partial charge in [-0.25, -0.2) is 0 Å². The fraction of sp³-hybridized carbons (Fsp3) is 0.625. The van der Waals surface area contributed by atoms with E-state index in [2.05, 4.69) is 67.9 Å². The summed E-state index contributed by atoms with van der Waals surface area (Å²) in [6, 6.07) is 9.02. The number of alkyl halides is 1. The molecule has 1 aliphatic rings. The maximum atomic E-state index is 5.66. The highest BCUT2D eigenvalue weighted by molar-refractivity contribution is 9.09. The Morgan fingerprint density at radius 2 is 1.83 bits per heavy atom. The quantitative estimate of drug-likeness (QED) is 0.710. The predicted molar refractivity (Wildman–Crippen MR) is 80.3 cm³/mol. The molecular weight excluding hydrogens is 288 g/mol. The standard InChI is InChI=1S/C16H23BrO/c1-11-14(9-10-18-11)15(17)12-5-7-13(8-6-12)16(2,3)4/h5-8,11,14-15H,9-10H2,1-4H3. The summed E-state index contributed by atoms with van der Waals surface area (Å²) in [6.45, 7) is 9.82. The molecule has 1 fully saturated rings. The summed E-state index contributed by atoms with van der Waals surface area (Å²) in [4.78, 5) is 0.406. The molecule has 1 aliphatic heterocycles. The summed E-state index contributed by atoms with van der Waals surface area (Å²) >= 11 is 3.85. The van der Waals surface area contributed by atoms with Gasteiger partial charge in [0.25, 0.3) is 0 Å². The van der Waals surface area contributed by atoms with Crippen molar-refractivity contribution in [2.24, 2.45) is 5.92 Å². The maximum absolute atomic E-state index is 5.66. The van der Waals surface area contributed by atoms with Gasteiger partial charge in [-0.1, -0.05) is 61.0 Å². The lowest BCUT2D eigenvalue weighted by molar-refractivity contribution is 0.105. The largest absolute Gasteiger partial charge is 0.378 e. The van der Waals surface area contributed by atoms with Gasteiger partial charge in [0.2, 0.25) is 0 Å². The SMILES string of the molecule is CC1OCCC1C(Br)c1ccc(C(C)(C)C)cc1. The van der Waals surface area contributed by atoms with Crippen LogP contribution in [0.4, 0.5) is 0 Å². The smallest absolute Gasteiger partial charge is 0.0589 e. The van der Waals surface area contributed by atoms with E-state index in [-0.39, 0.29) is 5.41 Å². The van der Waals surface area contributed by atoms with Crippen molar-refractivity contribution in [2.75, 3.05) is 6.61 Å². The van der Waals surface area contributed by atoms with E-state index in [4.69, 9.17) is 4.74 Å². The second-order valence-corrected chi connectivity index (χ2v) is 7.29. The van der Waals surface area contributed by atoms with Crippen LogP contribution in [-0.2, 0) is 10.2 Å². The third-order valence-electron chi connectivity index (χ3n) is 3.91. The first-order valence-corrected chi connectivity index (χ1v) is 7.67. The lowest BCUT2D eigenvalue weighted by Crippen LogP contribution is -2.16. The molecule has 18 heavy (non-hydrogen) atoms. The van der Waals surface area contributed by atoms with Crippen molar-refractivity contribution < 1.29 is 4.74 Å². The average molecular weight is 311 g/mol. The molecule has 1 saturated heterocycles. The van der Waals surface area contributed by atoms with Gasteiger partial charge in [-0.3, -0.25) is 0 Å². The van der Waals surface area contributed by atoms with Gasteiger partial charge in [-0.05, 0) is 29.9 Å². The summed E-state index contributed by atoms with van der Waals surface area (Å²) in [5.41, 5.74) is 2.98. The summed E-state index contributed by atoms with van der Waals surface area (Å²) < 4.78 is 5.66. The van der Waals surface area contributed by atoms with Gasteiger partial charge in [0, 0.05) is 17.4 Å². The minimum Gasteiger partial charge on any atom is -0.378 e. The third-order valence-corrected chi connectivity index (χ3v) is 5.11. The van der Waals surface area contributed by atoms with Crippen molar-refractivity contribution in [3.05, 3.63) is 35.4 Å². The van der Waals surface area contributed by atoms with Crippen LogP contribution in [0, 0.1) is 5.92 Å². The Morgan fingerprint density at radius 1 is 1.22 bits per heavy atom. The fourth-order valence-corrected chi connectivity index (χ4v) is 3.55. The maximum Gasteiger partial charge on any atom is 0.0589 e. The average Bonchev–Trinajstić information content (AvgIpc) is 2.73. The lowest BCUT2D eigenvalue weighted by Gasteiger charge is -2.23. The van der Waals surface area contributed by atoms with Gasteiger partial charge in [-0.15, -0.1) is 0 Å². The topological polar surface area (TPSA) is 9.23 Å². The van der Waals surface area contributed by atoms with E-state index in [0.29, 0.717) is 16.8 Å². The molecule has 0 amide bonds. The van der Waals surface area contributed by atoms with Gasteiger partial charge in [0.15, 0.2) is 0 Å². The van der Waals surface area contributed by atoms with E-state index < -0.39 is 0 Å². The second kappa shape index (κ2) is 5.34. The Kier molecular flexibility index (Phi) is 4.18. The molecule has 0 aliphatic carbocycles. The molecule has 0 saturated carbocycles. The summed E-state index contributed by atoms with van der Waals surface area (Å²) in [7, 11) is 0. The second-order valence-electron chi connectivity index (χ2n) is 6.30. The first kappa shape index (κ1) is 14.1. The highest BCUT2D eigenvalue weighted by atomic mass is 79.9. The monoisotopic (exact) mass is 310 g/mol. The van der Waals surface area contributed by atoms with Crippen LogP contribution >= 0.6 is 15.9 Å². The molecule has 0 aromatic heterocycles. The van der Waals surface area contributed by atoms with E-state index in [0.717, 1.165) is 13.0 Å². The minimum atomic E-state index is 0.226. The van der Waals surface area contributed by atoms with E-state index in [1.807, 2.05) is 0 Å². The van der Waals surface area contributed by atoms with Crippen LogP contribution in [0.15, 0.2) is 24.3 Å². The predicted octanol–water partition coefficient (Wildman–Crippen LogP) is 4.85. The zero-order chi connectivity index (χ0) is 13.3. The molecule has 100 valence electrons. The van der Waals surface area contributed by atoms with Crippen molar-refractivity contribution in [3.63, 3.8) is 0 Å². The molecule has 3 unspecified atom stereocenters.